The summed E-state index contributed by atoms with van der Waals surface area (Å²) >= 11 is 11.9. The maximum atomic E-state index is 12.7. The third kappa shape index (κ3) is 4.65. The molecule has 0 aromatic heterocycles. The number of hydrazine groups is 1. The Kier molecular flexibility index (Phi) is 6.36. The van der Waals surface area contributed by atoms with Gasteiger partial charge in [0, 0.05) is 13.1 Å². The Balaban J connectivity index is 2.24. The third-order valence-corrected chi connectivity index (χ3v) is 4.20. The summed E-state index contributed by atoms with van der Waals surface area (Å²) in [5, 5.41) is 1.81. The molecular weight excluding hydrogens is 341 g/mol. The maximum absolute atomic E-state index is 12.7. The van der Waals surface area contributed by atoms with Crippen LogP contribution in [0.4, 0.5) is 15.3 Å². The van der Waals surface area contributed by atoms with E-state index in [9.17, 15) is 9.59 Å². The van der Waals surface area contributed by atoms with E-state index in [0.717, 1.165) is 24.3 Å². The number of piperidine rings is 1. The van der Waals surface area contributed by atoms with E-state index in [0.29, 0.717) is 28.8 Å². The lowest BCUT2D eigenvalue weighted by Crippen LogP contribution is -2.53. The van der Waals surface area contributed by atoms with Crippen molar-refractivity contribution in [2.75, 3.05) is 24.7 Å². The molecule has 0 bridgehead atoms. The van der Waals surface area contributed by atoms with Crippen LogP contribution < -0.4 is 10.4 Å². The van der Waals surface area contributed by atoms with Crippen molar-refractivity contribution in [3.63, 3.8) is 0 Å². The molecule has 0 aliphatic carbocycles. The molecule has 0 spiro atoms. The molecule has 2 rings (SSSR count). The van der Waals surface area contributed by atoms with Crippen molar-refractivity contribution in [1.82, 2.24) is 10.3 Å². The van der Waals surface area contributed by atoms with Gasteiger partial charge in [-0.25, -0.2) is 15.0 Å². The van der Waals surface area contributed by atoms with Crippen molar-refractivity contribution in [3.05, 3.63) is 28.2 Å². The molecule has 1 aliphatic rings. The van der Waals surface area contributed by atoms with Crippen LogP contribution in [0.2, 0.25) is 10.0 Å². The van der Waals surface area contributed by atoms with Gasteiger partial charge < -0.3 is 9.64 Å². The first-order chi connectivity index (χ1) is 11.0. The third-order valence-electron chi connectivity index (χ3n) is 3.46. The van der Waals surface area contributed by atoms with Crippen LogP contribution in [-0.2, 0) is 4.74 Å². The van der Waals surface area contributed by atoms with Gasteiger partial charge in [0.1, 0.15) is 0 Å². The second kappa shape index (κ2) is 8.26. The topological polar surface area (TPSA) is 61.9 Å². The van der Waals surface area contributed by atoms with Gasteiger partial charge in [-0.15, -0.1) is 0 Å². The number of hydrogen-bond donors (Lipinski definition) is 1. The van der Waals surface area contributed by atoms with Crippen molar-refractivity contribution < 1.29 is 14.3 Å². The van der Waals surface area contributed by atoms with E-state index in [1.54, 1.807) is 24.0 Å². The average molecular weight is 360 g/mol. The summed E-state index contributed by atoms with van der Waals surface area (Å²) in [6, 6.07) is 4.39. The van der Waals surface area contributed by atoms with Gasteiger partial charge in [-0.1, -0.05) is 23.2 Å². The van der Waals surface area contributed by atoms with E-state index in [4.69, 9.17) is 27.9 Å². The van der Waals surface area contributed by atoms with E-state index in [-0.39, 0.29) is 12.6 Å². The normalized spacial score (nSPS) is 14.3. The van der Waals surface area contributed by atoms with Crippen LogP contribution in [0.5, 0.6) is 0 Å². The number of likely N-dealkylation sites (tertiary alicyclic amines) is 1. The molecule has 126 valence electrons. The van der Waals surface area contributed by atoms with Gasteiger partial charge in [0.25, 0.3) is 0 Å². The number of anilines is 1. The van der Waals surface area contributed by atoms with Crippen molar-refractivity contribution in [2.24, 2.45) is 0 Å². The number of urea groups is 1. The Morgan fingerprint density at radius 2 is 1.91 bits per heavy atom. The average Bonchev–Trinajstić information content (AvgIpc) is 2.56. The van der Waals surface area contributed by atoms with E-state index < -0.39 is 6.09 Å². The second-order valence-electron chi connectivity index (χ2n) is 5.10. The molecule has 1 heterocycles. The van der Waals surface area contributed by atoms with Gasteiger partial charge in [-0.3, -0.25) is 0 Å². The quantitative estimate of drug-likeness (QED) is 0.809. The molecule has 8 heteroatoms. The van der Waals surface area contributed by atoms with E-state index in [1.165, 1.54) is 6.07 Å². The van der Waals surface area contributed by atoms with Crippen LogP contribution >= 0.6 is 23.2 Å². The number of benzene rings is 1. The summed E-state index contributed by atoms with van der Waals surface area (Å²) in [7, 11) is 0. The van der Waals surface area contributed by atoms with E-state index in [2.05, 4.69) is 5.43 Å². The lowest BCUT2D eigenvalue weighted by Gasteiger charge is -2.32. The van der Waals surface area contributed by atoms with Gasteiger partial charge in [0.15, 0.2) is 0 Å². The predicted molar refractivity (Wildman–Crippen MR) is 89.9 cm³/mol. The SMILES string of the molecule is CCOC(=O)NN(C(=O)N1CCCCC1)c1ccc(Cl)c(Cl)c1. The smallest absolute Gasteiger partial charge is 0.426 e. The Labute approximate surface area is 145 Å². The van der Waals surface area contributed by atoms with Gasteiger partial charge in [0.2, 0.25) is 0 Å². The van der Waals surface area contributed by atoms with E-state index in [1.807, 2.05) is 0 Å². The number of nitrogens with one attached hydrogen (secondary N) is 1. The van der Waals surface area contributed by atoms with Crippen LogP contribution in [0.3, 0.4) is 0 Å². The fraction of sp³-hybridized carbons (Fsp3) is 0.467. The lowest BCUT2D eigenvalue weighted by molar-refractivity contribution is 0.147. The minimum atomic E-state index is -0.705. The lowest BCUT2D eigenvalue weighted by atomic mass is 10.1. The summed E-state index contributed by atoms with van der Waals surface area (Å²) in [5.74, 6) is 0. The summed E-state index contributed by atoms with van der Waals surface area (Å²) in [5.41, 5.74) is 2.88. The highest BCUT2D eigenvalue weighted by molar-refractivity contribution is 6.42. The van der Waals surface area contributed by atoms with Crippen molar-refractivity contribution in [2.45, 2.75) is 26.2 Å². The highest BCUT2D eigenvalue weighted by Gasteiger charge is 2.26. The Bertz CT molecular complexity index is 577. The Morgan fingerprint density at radius 1 is 1.22 bits per heavy atom. The molecule has 1 aromatic carbocycles. The first-order valence-electron chi connectivity index (χ1n) is 7.50. The summed E-state index contributed by atoms with van der Waals surface area (Å²) < 4.78 is 4.86. The molecular formula is C15H19Cl2N3O3. The first kappa shape index (κ1) is 17.7. The van der Waals surface area contributed by atoms with Gasteiger partial charge >= 0.3 is 12.1 Å². The number of halogens is 2. The summed E-state index contributed by atoms with van der Waals surface area (Å²) in [6.07, 6.45) is 2.28. The number of carbonyl (C=O) groups is 2. The van der Waals surface area contributed by atoms with Crippen LogP contribution in [0.25, 0.3) is 0 Å². The van der Waals surface area contributed by atoms with Crippen molar-refractivity contribution >= 4 is 41.0 Å². The first-order valence-corrected chi connectivity index (χ1v) is 8.26. The number of amides is 3. The maximum Gasteiger partial charge on any atom is 0.426 e. The molecule has 0 saturated carbocycles. The molecule has 1 N–H and O–H groups in total. The highest BCUT2D eigenvalue weighted by Crippen LogP contribution is 2.27. The number of ether oxygens (including phenoxy) is 1. The fourth-order valence-corrected chi connectivity index (χ4v) is 2.62. The van der Waals surface area contributed by atoms with Crippen LogP contribution in [-0.4, -0.2) is 36.7 Å². The van der Waals surface area contributed by atoms with Crippen molar-refractivity contribution in [1.29, 1.82) is 0 Å². The molecule has 1 aromatic rings. The molecule has 0 unspecified atom stereocenters. The number of nitrogens with zero attached hydrogens (tertiary/aromatic N) is 2. The molecule has 23 heavy (non-hydrogen) atoms. The van der Waals surface area contributed by atoms with E-state index >= 15 is 0 Å². The van der Waals surface area contributed by atoms with Crippen LogP contribution in [0.15, 0.2) is 18.2 Å². The number of carbonyl (C=O) groups excluding carboxylic acids is 2. The summed E-state index contributed by atoms with van der Waals surface area (Å²) in [4.78, 5) is 26.2. The largest absolute Gasteiger partial charge is 0.449 e. The van der Waals surface area contributed by atoms with Crippen LogP contribution in [0.1, 0.15) is 26.2 Å². The summed E-state index contributed by atoms with van der Waals surface area (Å²) in [6.45, 7) is 3.21. The highest BCUT2D eigenvalue weighted by atomic mass is 35.5. The second-order valence-corrected chi connectivity index (χ2v) is 5.91. The standard InChI is InChI=1S/C15H19Cl2N3O3/c1-2-23-14(21)18-20(11-6-7-12(16)13(17)10-11)15(22)19-8-4-3-5-9-19/h6-7,10H,2-5,8-9H2,1H3,(H,18,21). The molecule has 0 atom stereocenters. The molecule has 1 saturated heterocycles. The monoisotopic (exact) mass is 359 g/mol. The zero-order valence-corrected chi connectivity index (χ0v) is 14.4. The molecule has 1 fully saturated rings. The molecule has 6 nitrogen and oxygen atoms in total. The minimum absolute atomic E-state index is 0.207. The fourth-order valence-electron chi connectivity index (χ4n) is 2.33. The van der Waals surface area contributed by atoms with Gasteiger partial charge in [-0.2, -0.15) is 5.01 Å². The molecule has 3 amide bonds. The van der Waals surface area contributed by atoms with Crippen LogP contribution in [0, 0.1) is 0 Å². The number of hydrogen-bond acceptors (Lipinski definition) is 3. The zero-order chi connectivity index (χ0) is 16.8. The molecule has 0 radical (unpaired) electrons. The predicted octanol–water partition coefficient (Wildman–Crippen LogP) is 4.07. The van der Waals surface area contributed by atoms with Crippen molar-refractivity contribution in [3.8, 4) is 0 Å². The van der Waals surface area contributed by atoms with Gasteiger partial charge in [0.05, 0.1) is 22.3 Å². The minimum Gasteiger partial charge on any atom is -0.449 e. The van der Waals surface area contributed by atoms with Gasteiger partial charge in [-0.05, 0) is 44.4 Å². The Morgan fingerprint density at radius 3 is 2.52 bits per heavy atom. The molecule has 1 aliphatic heterocycles. The zero-order valence-electron chi connectivity index (χ0n) is 12.8. The Hall–Kier alpha value is -1.66. The number of rotatable bonds is 2.